The smallest absolute Gasteiger partial charge is 0.338 e. The molecule has 0 N–H and O–H groups in total. The lowest BCUT2D eigenvalue weighted by atomic mass is 9.93. The second-order valence-electron chi connectivity index (χ2n) is 5.59. The summed E-state index contributed by atoms with van der Waals surface area (Å²) in [7, 11) is 3.28. The summed E-state index contributed by atoms with van der Waals surface area (Å²) in [4.78, 5) is 27.9. The molecule has 1 atom stereocenters. The van der Waals surface area contributed by atoms with Gasteiger partial charge in [0.1, 0.15) is 11.8 Å². The number of carbonyl (C=O) groups is 2. The van der Waals surface area contributed by atoms with E-state index in [9.17, 15) is 9.59 Å². The van der Waals surface area contributed by atoms with Crippen LogP contribution in [0, 0.1) is 11.3 Å². The van der Waals surface area contributed by atoms with E-state index < -0.39 is 12.0 Å². The van der Waals surface area contributed by atoms with Crippen LogP contribution in [0.15, 0.2) is 35.5 Å². The predicted octanol–water partition coefficient (Wildman–Crippen LogP) is 2.46. The van der Waals surface area contributed by atoms with Gasteiger partial charge in [0.25, 0.3) is 0 Å². The number of benzene rings is 1. The normalized spacial score (nSPS) is 17.4. The zero-order valence-electron chi connectivity index (χ0n) is 14.8. The molecule has 0 aromatic heterocycles. The minimum atomic E-state index is -0.548. The van der Waals surface area contributed by atoms with Crippen molar-refractivity contribution in [3.63, 3.8) is 0 Å². The van der Waals surface area contributed by atoms with E-state index in [0.717, 1.165) is 5.56 Å². The molecule has 132 valence electrons. The van der Waals surface area contributed by atoms with Crippen LogP contribution in [0.5, 0.6) is 5.75 Å². The van der Waals surface area contributed by atoms with E-state index in [2.05, 4.69) is 0 Å². The zero-order chi connectivity index (χ0) is 18.6. The van der Waals surface area contributed by atoms with E-state index in [0.29, 0.717) is 17.0 Å². The lowest BCUT2D eigenvalue weighted by molar-refractivity contribution is -0.139. The van der Waals surface area contributed by atoms with Gasteiger partial charge in [-0.3, -0.25) is 0 Å². The summed E-state index contributed by atoms with van der Waals surface area (Å²) in [6, 6.07) is 8.12. The summed E-state index contributed by atoms with van der Waals surface area (Å²) in [6.45, 7) is 3.68. The summed E-state index contributed by atoms with van der Waals surface area (Å²) < 4.78 is 10.4. The topological polar surface area (TPSA) is 82.9 Å². The van der Waals surface area contributed by atoms with Crippen molar-refractivity contribution in [2.45, 2.75) is 19.9 Å². The summed E-state index contributed by atoms with van der Waals surface area (Å²) in [6.07, 6.45) is 0. The number of carbonyl (C=O) groups excluding carboxylic acids is 2. The third-order valence-electron chi connectivity index (χ3n) is 4.14. The van der Waals surface area contributed by atoms with Crippen molar-refractivity contribution in [1.82, 2.24) is 9.80 Å². The fourth-order valence-electron chi connectivity index (χ4n) is 2.78. The number of hydrogen-bond donors (Lipinski definition) is 0. The molecule has 25 heavy (non-hydrogen) atoms. The van der Waals surface area contributed by atoms with E-state index in [1.54, 1.807) is 52.2 Å². The molecule has 0 spiro atoms. The molecule has 0 radical (unpaired) electrons. The first-order chi connectivity index (χ1) is 11.9. The Morgan fingerprint density at radius 3 is 2.48 bits per heavy atom. The fraction of sp³-hybridized carbons (Fsp3) is 0.389. The minimum absolute atomic E-state index is 0.0426. The average molecular weight is 343 g/mol. The van der Waals surface area contributed by atoms with Crippen LogP contribution in [0.4, 0.5) is 4.79 Å². The van der Waals surface area contributed by atoms with E-state index in [1.807, 2.05) is 6.07 Å². The molecule has 1 heterocycles. The van der Waals surface area contributed by atoms with Gasteiger partial charge in [0, 0.05) is 19.8 Å². The van der Waals surface area contributed by atoms with Crippen molar-refractivity contribution in [1.29, 1.82) is 5.26 Å². The monoisotopic (exact) mass is 343 g/mol. The van der Waals surface area contributed by atoms with Crippen LogP contribution >= 0.6 is 0 Å². The van der Waals surface area contributed by atoms with Crippen molar-refractivity contribution in [3.8, 4) is 11.8 Å². The predicted molar refractivity (Wildman–Crippen MR) is 90.5 cm³/mol. The Bertz CT molecular complexity index is 734. The van der Waals surface area contributed by atoms with Crippen LogP contribution in [0.25, 0.3) is 0 Å². The van der Waals surface area contributed by atoms with Gasteiger partial charge in [-0.25, -0.2) is 9.59 Å². The summed E-state index contributed by atoms with van der Waals surface area (Å²) >= 11 is 0. The maximum absolute atomic E-state index is 12.5. The Morgan fingerprint density at radius 1 is 1.28 bits per heavy atom. The minimum Gasteiger partial charge on any atom is -0.479 e. The number of nitriles is 1. The number of ether oxygens (including phenoxy) is 2. The summed E-state index contributed by atoms with van der Waals surface area (Å²) in [5.74, 6) is 0.103. The molecule has 0 saturated heterocycles. The van der Waals surface area contributed by atoms with Crippen LogP contribution < -0.4 is 4.74 Å². The Balaban J connectivity index is 2.45. The van der Waals surface area contributed by atoms with Crippen LogP contribution in [0.1, 0.15) is 25.5 Å². The molecular weight excluding hydrogens is 322 g/mol. The van der Waals surface area contributed by atoms with Crippen LogP contribution in [0.2, 0.25) is 0 Å². The molecule has 7 nitrogen and oxygen atoms in total. The van der Waals surface area contributed by atoms with Gasteiger partial charge < -0.3 is 19.3 Å². The van der Waals surface area contributed by atoms with Crippen molar-refractivity contribution >= 4 is 12.0 Å². The van der Waals surface area contributed by atoms with Crippen LogP contribution in [-0.2, 0) is 9.53 Å². The number of rotatable bonds is 5. The molecule has 1 aliphatic heterocycles. The van der Waals surface area contributed by atoms with Crippen molar-refractivity contribution in [2.75, 3.05) is 27.3 Å². The molecule has 0 bridgehead atoms. The largest absolute Gasteiger partial charge is 0.479 e. The molecule has 2 amide bonds. The van der Waals surface area contributed by atoms with E-state index in [4.69, 9.17) is 14.7 Å². The number of hydrogen-bond acceptors (Lipinski definition) is 5. The first kappa shape index (κ1) is 18.3. The Kier molecular flexibility index (Phi) is 5.65. The Labute approximate surface area is 147 Å². The number of nitrogens with zero attached hydrogens (tertiary/aromatic N) is 3. The number of likely N-dealkylation sites (N-methyl/N-ethyl adjacent to an activating group) is 1. The van der Waals surface area contributed by atoms with Gasteiger partial charge in [0.2, 0.25) is 0 Å². The van der Waals surface area contributed by atoms with Crippen LogP contribution in [0.3, 0.4) is 0 Å². The van der Waals surface area contributed by atoms with Gasteiger partial charge in [0.15, 0.2) is 6.61 Å². The van der Waals surface area contributed by atoms with Gasteiger partial charge in [-0.1, -0.05) is 12.1 Å². The highest BCUT2D eigenvalue weighted by molar-refractivity contribution is 5.94. The molecule has 1 aliphatic rings. The molecule has 0 aliphatic carbocycles. The van der Waals surface area contributed by atoms with Crippen molar-refractivity contribution in [2.24, 2.45) is 0 Å². The third kappa shape index (κ3) is 3.58. The number of esters is 1. The van der Waals surface area contributed by atoms with Gasteiger partial charge in [-0.2, -0.15) is 5.26 Å². The number of urea groups is 1. The highest BCUT2D eigenvalue weighted by atomic mass is 16.5. The first-order valence-corrected chi connectivity index (χ1v) is 7.90. The molecule has 1 aromatic rings. The number of amides is 2. The molecule has 1 aromatic carbocycles. The highest BCUT2D eigenvalue weighted by Crippen LogP contribution is 2.36. The van der Waals surface area contributed by atoms with Gasteiger partial charge in [-0.05, 0) is 31.5 Å². The second-order valence-corrected chi connectivity index (χ2v) is 5.59. The maximum atomic E-state index is 12.5. The van der Waals surface area contributed by atoms with Gasteiger partial charge in [0.05, 0.1) is 18.2 Å². The standard InChI is InChI=1S/C18H21N3O4/c1-5-24-17(22)15-12(2)20(3)18(23)21(4)16(15)13-6-8-14(9-7-13)25-11-10-19/h6-9,16H,5,11H2,1-4H3/t16-/m0/s1. The van der Waals surface area contributed by atoms with Gasteiger partial charge >= 0.3 is 12.0 Å². The first-order valence-electron chi connectivity index (χ1n) is 7.90. The van der Waals surface area contributed by atoms with Gasteiger partial charge in [-0.15, -0.1) is 0 Å². The van der Waals surface area contributed by atoms with Crippen molar-refractivity contribution < 1.29 is 19.1 Å². The van der Waals surface area contributed by atoms with E-state index in [1.165, 1.54) is 9.80 Å². The molecular formula is C18H21N3O4. The molecule has 0 fully saturated rings. The van der Waals surface area contributed by atoms with E-state index >= 15 is 0 Å². The van der Waals surface area contributed by atoms with Crippen molar-refractivity contribution in [3.05, 3.63) is 41.1 Å². The zero-order valence-corrected chi connectivity index (χ0v) is 14.8. The van der Waals surface area contributed by atoms with E-state index in [-0.39, 0.29) is 19.2 Å². The fourth-order valence-corrected chi connectivity index (χ4v) is 2.78. The maximum Gasteiger partial charge on any atom is 0.338 e. The Morgan fingerprint density at radius 2 is 1.92 bits per heavy atom. The third-order valence-corrected chi connectivity index (χ3v) is 4.14. The molecule has 2 rings (SSSR count). The highest BCUT2D eigenvalue weighted by Gasteiger charge is 2.39. The van der Waals surface area contributed by atoms with Crippen LogP contribution in [-0.4, -0.2) is 49.1 Å². The summed E-state index contributed by atoms with van der Waals surface area (Å²) in [5.41, 5.74) is 1.75. The summed E-state index contributed by atoms with van der Waals surface area (Å²) in [5, 5.41) is 8.57. The molecule has 0 saturated carbocycles. The molecule has 0 unspecified atom stereocenters. The Hall–Kier alpha value is -3.01. The number of allylic oxidation sites excluding steroid dienone is 1. The average Bonchev–Trinajstić information content (AvgIpc) is 2.61. The second kappa shape index (κ2) is 7.71. The molecule has 7 heteroatoms. The SMILES string of the molecule is CCOC(=O)C1=C(C)N(C)C(=O)N(C)[C@H]1c1ccc(OCC#N)cc1. The quantitative estimate of drug-likeness (QED) is 0.767. The lowest BCUT2D eigenvalue weighted by Gasteiger charge is -2.39. The lowest BCUT2D eigenvalue weighted by Crippen LogP contribution is -2.47.